The Morgan fingerprint density at radius 1 is 1.29 bits per heavy atom. The highest BCUT2D eigenvalue weighted by molar-refractivity contribution is 14.0. The SMILES string of the molecule is CN=C(NCCCCn1ccnc1C)NCc1cccc(Cl)c1.I. The molecule has 0 saturated heterocycles. The molecule has 1 heterocycles. The number of aryl methyl sites for hydroxylation is 2. The Balaban J connectivity index is 0.00000288. The first-order valence-electron chi connectivity index (χ1n) is 7.86. The lowest BCUT2D eigenvalue weighted by molar-refractivity contribution is 0.588. The van der Waals surface area contributed by atoms with Gasteiger partial charge in [-0.15, -0.1) is 24.0 Å². The molecule has 5 nitrogen and oxygen atoms in total. The fourth-order valence-corrected chi connectivity index (χ4v) is 2.52. The van der Waals surface area contributed by atoms with Crippen molar-refractivity contribution in [1.82, 2.24) is 20.2 Å². The molecule has 24 heavy (non-hydrogen) atoms. The molecular weight excluding hydrogens is 437 g/mol. The average molecular weight is 462 g/mol. The molecule has 0 aliphatic rings. The number of imidazole rings is 1. The molecule has 0 amide bonds. The Morgan fingerprint density at radius 3 is 2.79 bits per heavy atom. The number of halogens is 2. The van der Waals surface area contributed by atoms with Crippen LogP contribution < -0.4 is 10.6 Å². The van der Waals surface area contributed by atoms with Crippen molar-refractivity contribution in [2.75, 3.05) is 13.6 Å². The molecule has 0 saturated carbocycles. The lowest BCUT2D eigenvalue weighted by Crippen LogP contribution is -2.37. The van der Waals surface area contributed by atoms with E-state index in [9.17, 15) is 0 Å². The maximum absolute atomic E-state index is 5.99. The molecule has 0 atom stereocenters. The molecule has 1 aromatic carbocycles. The first kappa shape index (κ1) is 20.8. The Morgan fingerprint density at radius 2 is 2.12 bits per heavy atom. The molecule has 0 aliphatic heterocycles. The second kappa shape index (κ2) is 11.3. The van der Waals surface area contributed by atoms with Crippen LogP contribution in [0, 0.1) is 6.92 Å². The van der Waals surface area contributed by atoms with Gasteiger partial charge in [-0.05, 0) is 37.5 Å². The third-order valence-corrected chi connectivity index (χ3v) is 3.85. The highest BCUT2D eigenvalue weighted by atomic mass is 127. The normalized spacial score (nSPS) is 11.0. The fourth-order valence-electron chi connectivity index (χ4n) is 2.31. The molecule has 1 aromatic heterocycles. The average Bonchev–Trinajstić information content (AvgIpc) is 2.95. The van der Waals surface area contributed by atoms with E-state index in [1.165, 1.54) is 0 Å². The van der Waals surface area contributed by atoms with Crippen molar-refractivity contribution >= 4 is 41.5 Å². The first-order valence-corrected chi connectivity index (χ1v) is 8.23. The number of guanidine groups is 1. The Bertz CT molecular complexity index is 641. The lowest BCUT2D eigenvalue weighted by Gasteiger charge is -2.12. The molecule has 0 unspecified atom stereocenters. The van der Waals surface area contributed by atoms with Crippen molar-refractivity contribution in [3.05, 3.63) is 53.1 Å². The summed E-state index contributed by atoms with van der Waals surface area (Å²) in [6, 6.07) is 7.82. The van der Waals surface area contributed by atoms with E-state index in [-0.39, 0.29) is 24.0 Å². The quantitative estimate of drug-likeness (QED) is 0.287. The Hall–Kier alpha value is -1.28. The monoisotopic (exact) mass is 461 g/mol. The van der Waals surface area contributed by atoms with E-state index in [1.54, 1.807) is 7.05 Å². The van der Waals surface area contributed by atoms with Crippen molar-refractivity contribution in [1.29, 1.82) is 0 Å². The molecule has 7 heteroatoms. The summed E-state index contributed by atoms with van der Waals surface area (Å²) in [5.41, 5.74) is 1.14. The summed E-state index contributed by atoms with van der Waals surface area (Å²) >= 11 is 5.99. The predicted octanol–water partition coefficient (Wildman–Crippen LogP) is 3.61. The lowest BCUT2D eigenvalue weighted by atomic mass is 10.2. The summed E-state index contributed by atoms with van der Waals surface area (Å²) < 4.78 is 2.17. The maximum Gasteiger partial charge on any atom is 0.191 e. The summed E-state index contributed by atoms with van der Waals surface area (Å²) in [6.45, 7) is 4.62. The van der Waals surface area contributed by atoms with Crippen molar-refractivity contribution in [3.8, 4) is 0 Å². The van der Waals surface area contributed by atoms with E-state index >= 15 is 0 Å². The highest BCUT2D eigenvalue weighted by Gasteiger charge is 2.00. The van der Waals surface area contributed by atoms with Crippen LogP contribution in [0.1, 0.15) is 24.2 Å². The highest BCUT2D eigenvalue weighted by Crippen LogP contribution is 2.10. The van der Waals surface area contributed by atoms with Crippen LogP contribution in [0.2, 0.25) is 5.02 Å². The minimum Gasteiger partial charge on any atom is -0.356 e. The van der Waals surface area contributed by atoms with E-state index in [1.807, 2.05) is 43.6 Å². The van der Waals surface area contributed by atoms with Gasteiger partial charge in [0, 0.05) is 44.1 Å². The zero-order valence-electron chi connectivity index (χ0n) is 14.1. The van der Waals surface area contributed by atoms with Crippen LogP contribution in [0.5, 0.6) is 0 Å². The number of rotatable bonds is 7. The molecule has 0 aliphatic carbocycles. The van der Waals surface area contributed by atoms with Crippen LogP contribution in [-0.2, 0) is 13.1 Å². The summed E-state index contributed by atoms with van der Waals surface area (Å²) in [6.07, 6.45) is 6.05. The number of benzene rings is 1. The number of aliphatic imine (C=N–C) groups is 1. The van der Waals surface area contributed by atoms with E-state index in [2.05, 4.69) is 25.2 Å². The number of hydrogen-bond donors (Lipinski definition) is 2. The van der Waals surface area contributed by atoms with Gasteiger partial charge in [0.05, 0.1) is 0 Å². The molecular formula is C17H25ClIN5. The second-order valence-electron chi connectivity index (χ2n) is 5.36. The molecule has 0 radical (unpaired) electrons. The molecule has 0 fully saturated rings. The third-order valence-electron chi connectivity index (χ3n) is 3.61. The van der Waals surface area contributed by atoms with E-state index in [0.29, 0.717) is 6.54 Å². The summed E-state index contributed by atoms with van der Waals surface area (Å²) in [5, 5.41) is 7.37. The van der Waals surface area contributed by atoms with Crippen molar-refractivity contribution in [3.63, 3.8) is 0 Å². The van der Waals surface area contributed by atoms with Gasteiger partial charge < -0.3 is 15.2 Å². The third kappa shape index (κ3) is 7.09. The first-order chi connectivity index (χ1) is 11.2. The zero-order valence-corrected chi connectivity index (χ0v) is 17.2. The number of aromatic nitrogens is 2. The number of unbranched alkanes of at least 4 members (excludes halogenated alkanes) is 1. The largest absolute Gasteiger partial charge is 0.356 e. The van der Waals surface area contributed by atoms with Crippen LogP contribution in [0.15, 0.2) is 41.7 Å². The van der Waals surface area contributed by atoms with Crippen LogP contribution in [0.25, 0.3) is 0 Å². The van der Waals surface area contributed by atoms with E-state index in [4.69, 9.17) is 11.6 Å². The number of hydrogen-bond acceptors (Lipinski definition) is 2. The molecule has 0 spiro atoms. The number of nitrogens with one attached hydrogen (secondary N) is 2. The topological polar surface area (TPSA) is 54.2 Å². The number of nitrogens with zero attached hydrogens (tertiary/aromatic N) is 3. The van der Waals surface area contributed by atoms with Crippen molar-refractivity contribution < 1.29 is 0 Å². The fraction of sp³-hybridized carbons (Fsp3) is 0.412. The summed E-state index contributed by atoms with van der Waals surface area (Å²) in [7, 11) is 1.78. The maximum atomic E-state index is 5.99. The molecule has 132 valence electrons. The van der Waals surface area contributed by atoms with Crippen molar-refractivity contribution in [2.45, 2.75) is 32.9 Å². The summed E-state index contributed by atoms with van der Waals surface area (Å²) in [4.78, 5) is 8.46. The van der Waals surface area contributed by atoms with Gasteiger partial charge in [0.1, 0.15) is 5.82 Å². The van der Waals surface area contributed by atoms with Gasteiger partial charge in [0.15, 0.2) is 5.96 Å². The summed E-state index contributed by atoms with van der Waals surface area (Å²) in [5.74, 6) is 1.88. The van der Waals surface area contributed by atoms with E-state index < -0.39 is 0 Å². The van der Waals surface area contributed by atoms with Gasteiger partial charge in [0.25, 0.3) is 0 Å². The van der Waals surface area contributed by atoms with Crippen LogP contribution in [-0.4, -0.2) is 29.1 Å². The van der Waals surface area contributed by atoms with E-state index in [0.717, 1.165) is 48.3 Å². The Kier molecular flexibility index (Phi) is 9.78. The van der Waals surface area contributed by atoms with Gasteiger partial charge in [0.2, 0.25) is 0 Å². The predicted molar refractivity (Wildman–Crippen MR) is 111 cm³/mol. The Labute approximate surface area is 165 Å². The molecule has 0 bridgehead atoms. The second-order valence-corrected chi connectivity index (χ2v) is 5.79. The minimum atomic E-state index is 0. The van der Waals surface area contributed by atoms with Gasteiger partial charge in [-0.1, -0.05) is 23.7 Å². The van der Waals surface area contributed by atoms with Gasteiger partial charge in [-0.25, -0.2) is 4.98 Å². The standard InChI is InChI=1S/C17H24ClN5.HI/c1-14-20-9-11-23(14)10-4-3-8-21-17(19-2)22-13-15-6-5-7-16(18)12-15;/h5-7,9,11-12H,3-4,8,10,13H2,1-2H3,(H2,19,21,22);1H. The van der Waals surface area contributed by atoms with Crippen LogP contribution in [0.4, 0.5) is 0 Å². The van der Waals surface area contributed by atoms with Gasteiger partial charge >= 0.3 is 0 Å². The van der Waals surface area contributed by atoms with Crippen LogP contribution in [0.3, 0.4) is 0 Å². The van der Waals surface area contributed by atoms with Gasteiger partial charge in [-0.3, -0.25) is 4.99 Å². The van der Waals surface area contributed by atoms with Crippen LogP contribution >= 0.6 is 35.6 Å². The molecule has 2 rings (SSSR count). The minimum absolute atomic E-state index is 0. The smallest absolute Gasteiger partial charge is 0.191 e. The molecule has 2 N–H and O–H groups in total. The van der Waals surface area contributed by atoms with Crippen molar-refractivity contribution in [2.24, 2.45) is 4.99 Å². The van der Waals surface area contributed by atoms with Gasteiger partial charge in [-0.2, -0.15) is 0 Å². The zero-order chi connectivity index (χ0) is 16.5. The molecule has 2 aromatic rings.